The Morgan fingerprint density at radius 1 is 1.15 bits per heavy atom. The molecule has 0 heterocycles. The third kappa shape index (κ3) is 3.61. The number of hydrogen-bond acceptors (Lipinski definition) is 3. The van der Waals surface area contributed by atoms with Crippen LogP contribution in [-0.2, 0) is 9.59 Å². The first-order valence-corrected chi connectivity index (χ1v) is 10.2. The molecule has 7 heteroatoms. The summed E-state index contributed by atoms with van der Waals surface area (Å²) in [6.07, 6.45) is 6.40. The first kappa shape index (κ1) is 18.5. The van der Waals surface area contributed by atoms with E-state index >= 15 is 0 Å². The van der Waals surface area contributed by atoms with Crippen LogP contribution in [0.3, 0.4) is 0 Å². The van der Waals surface area contributed by atoms with Gasteiger partial charge in [-0.1, -0.05) is 22.0 Å². The highest BCUT2D eigenvalue weighted by Gasteiger charge is 2.59. The predicted octanol–water partition coefficient (Wildman–Crippen LogP) is 2.57. The Morgan fingerprint density at radius 2 is 1.85 bits per heavy atom. The summed E-state index contributed by atoms with van der Waals surface area (Å²) in [5.74, 6) is 0.331. The molecule has 0 aliphatic heterocycles. The quantitative estimate of drug-likeness (QED) is 0.621. The van der Waals surface area contributed by atoms with Crippen LogP contribution in [-0.4, -0.2) is 28.6 Å². The first-order valence-electron chi connectivity index (χ1n) is 9.44. The molecule has 4 aliphatic carbocycles. The number of primary amides is 1. The van der Waals surface area contributed by atoms with E-state index in [1.807, 2.05) is 0 Å². The molecule has 4 saturated carbocycles. The van der Waals surface area contributed by atoms with Crippen LogP contribution in [0.4, 0.5) is 5.69 Å². The van der Waals surface area contributed by atoms with Crippen LogP contribution in [0.1, 0.15) is 48.9 Å². The summed E-state index contributed by atoms with van der Waals surface area (Å²) >= 11 is 3.94. The molecule has 4 N–H and O–H groups in total. The van der Waals surface area contributed by atoms with E-state index in [4.69, 9.17) is 5.73 Å². The number of nitrogens with one attached hydrogen (secondary N) is 2. The number of rotatable bonds is 5. The largest absolute Gasteiger partial charge is 0.368 e. The Kier molecular flexibility index (Phi) is 4.53. The molecule has 1 aromatic carbocycles. The van der Waals surface area contributed by atoms with Crippen molar-refractivity contribution in [2.24, 2.45) is 23.0 Å². The summed E-state index contributed by atoms with van der Waals surface area (Å²) in [6, 6.07) is 6.79. The van der Waals surface area contributed by atoms with Gasteiger partial charge in [-0.15, -0.1) is 0 Å². The molecule has 1 aromatic rings. The summed E-state index contributed by atoms with van der Waals surface area (Å²) in [5, 5.41) is 5.50. The molecule has 5 rings (SSSR count). The third-order valence-electron chi connectivity index (χ3n) is 6.28. The van der Waals surface area contributed by atoms with Gasteiger partial charge in [0, 0.05) is 15.6 Å². The zero-order valence-corrected chi connectivity index (χ0v) is 16.7. The molecule has 0 spiro atoms. The van der Waals surface area contributed by atoms with E-state index in [0.717, 1.165) is 19.3 Å². The highest BCUT2D eigenvalue weighted by molar-refractivity contribution is 9.10. The highest BCUT2D eigenvalue weighted by Crippen LogP contribution is 2.64. The number of anilines is 1. The van der Waals surface area contributed by atoms with Gasteiger partial charge < -0.3 is 16.4 Å². The summed E-state index contributed by atoms with van der Waals surface area (Å²) in [7, 11) is 0. The fourth-order valence-electron chi connectivity index (χ4n) is 5.69. The number of hydrogen-bond donors (Lipinski definition) is 3. The average molecular weight is 434 g/mol. The van der Waals surface area contributed by atoms with Crippen LogP contribution in [0.25, 0.3) is 0 Å². The zero-order chi connectivity index (χ0) is 19.2. The van der Waals surface area contributed by atoms with Gasteiger partial charge in [-0.25, -0.2) is 0 Å². The zero-order valence-electron chi connectivity index (χ0n) is 15.1. The second-order valence-electron chi connectivity index (χ2n) is 8.58. The number of benzene rings is 1. The van der Waals surface area contributed by atoms with Crippen LogP contribution in [0.15, 0.2) is 24.3 Å². The molecular formula is C20H24BrN3O3. The minimum absolute atomic E-state index is 0.0649. The third-order valence-corrected chi connectivity index (χ3v) is 7.21. The Balaban J connectivity index is 1.48. The van der Waals surface area contributed by atoms with Crippen LogP contribution in [0, 0.1) is 17.3 Å². The maximum absolute atomic E-state index is 13.2. The van der Waals surface area contributed by atoms with E-state index in [1.165, 1.54) is 19.3 Å². The molecule has 3 amide bonds. The maximum Gasteiger partial charge on any atom is 0.251 e. The molecule has 2 unspecified atom stereocenters. The number of halogens is 1. The summed E-state index contributed by atoms with van der Waals surface area (Å²) in [5.41, 5.74) is 5.74. The summed E-state index contributed by atoms with van der Waals surface area (Å²) < 4.78 is 0.116. The average Bonchev–Trinajstić information content (AvgIpc) is 2.57. The normalized spacial score (nSPS) is 33.5. The van der Waals surface area contributed by atoms with Gasteiger partial charge in [0.05, 0.1) is 12.0 Å². The number of carbonyl (C=O) groups excluding carboxylic acids is 3. The number of nitrogens with two attached hydrogens (primary N) is 1. The first-order chi connectivity index (χ1) is 12.8. The second-order valence-corrected chi connectivity index (χ2v) is 10.3. The molecule has 4 aliphatic rings. The van der Waals surface area contributed by atoms with Crippen LogP contribution >= 0.6 is 15.9 Å². The number of carbonyl (C=O) groups is 3. The van der Waals surface area contributed by atoms with Gasteiger partial charge in [0.25, 0.3) is 5.91 Å². The number of alkyl halides is 1. The molecule has 0 aromatic heterocycles. The Hall–Kier alpha value is -1.89. The molecule has 4 bridgehead atoms. The molecule has 6 nitrogen and oxygen atoms in total. The van der Waals surface area contributed by atoms with Gasteiger partial charge in [-0.3, -0.25) is 14.4 Å². The topological polar surface area (TPSA) is 101 Å². The van der Waals surface area contributed by atoms with E-state index in [0.29, 0.717) is 23.1 Å². The van der Waals surface area contributed by atoms with Crippen molar-refractivity contribution in [2.45, 2.75) is 42.8 Å². The van der Waals surface area contributed by atoms with Gasteiger partial charge in [-0.2, -0.15) is 0 Å². The lowest BCUT2D eigenvalue weighted by molar-refractivity contribution is -0.138. The van der Waals surface area contributed by atoms with Gasteiger partial charge >= 0.3 is 0 Å². The van der Waals surface area contributed by atoms with Crippen molar-refractivity contribution in [3.8, 4) is 0 Å². The fraction of sp³-hybridized carbons (Fsp3) is 0.550. The number of amides is 3. The summed E-state index contributed by atoms with van der Waals surface area (Å²) in [4.78, 5) is 36.1. The lowest BCUT2D eigenvalue weighted by atomic mass is 9.49. The van der Waals surface area contributed by atoms with E-state index < -0.39 is 5.91 Å². The Bertz CT molecular complexity index is 795. The molecule has 4 fully saturated rings. The van der Waals surface area contributed by atoms with Crippen molar-refractivity contribution in [1.82, 2.24) is 5.32 Å². The monoisotopic (exact) mass is 433 g/mol. The van der Waals surface area contributed by atoms with Crippen LogP contribution in [0.5, 0.6) is 0 Å². The van der Waals surface area contributed by atoms with E-state index in [-0.39, 0.29) is 28.1 Å². The lowest BCUT2D eigenvalue weighted by Gasteiger charge is -2.59. The van der Waals surface area contributed by atoms with Gasteiger partial charge in [0.2, 0.25) is 11.8 Å². The SMILES string of the molecule is NC(=O)CNC(=O)c1cccc(NC(=O)C23CC4CC(CC(Br)(C4)C2)C3)c1. The fourth-order valence-corrected chi connectivity index (χ4v) is 7.14. The van der Waals surface area contributed by atoms with Crippen molar-refractivity contribution >= 4 is 39.3 Å². The van der Waals surface area contributed by atoms with Crippen molar-refractivity contribution in [3.63, 3.8) is 0 Å². The maximum atomic E-state index is 13.2. The van der Waals surface area contributed by atoms with Crippen LogP contribution in [0.2, 0.25) is 0 Å². The second kappa shape index (κ2) is 6.62. The van der Waals surface area contributed by atoms with Crippen molar-refractivity contribution in [1.29, 1.82) is 0 Å². The van der Waals surface area contributed by atoms with E-state index in [1.54, 1.807) is 24.3 Å². The molecule has 0 saturated heterocycles. The molecule has 0 radical (unpaired) electrons. The standard InChI is InChI=1S/C20H24BrN3O3/c21-20-8-12-4-13(9-20)7-19(6-12,11-20)18(27)24-15-3-1-2-14(5-15)17(26)23-10-16(22)25/h1-3,5,12-13H,4,6-11H2,(H2,22,25)(H,23,26)(H,24,27). The predicted molar refractivity (Wildman–Crippen MR) is 105 cm³/mol. The van der Waals surface area contributed by atoms with Gasteiger partial charge in [-0.05, 0) is 68.6 Å². The summed E-state index contributed by atoms with van der Waals surface area (Å²) in [6.45, 7) is -0.214. The van der Waals surface area contributed by atoms with Crippen molar-refractivity contribution in [3.05, 3.63) is 29.8 Å². The van der Waals surface area contributed by atoms with E-state index in [9.17, 15) is 14.4 Å². The molecule has 144 valence electrons. The lowest BCUT2D eigenvalue weighted by Crippen LogP contribution is -2.57. The van der Waals surface area contributed by atoms with Gasteiger partial charge in [0.15, 0.2) is 0 Å². The van der Waals surface area contributed by atoms with Crippen molar-refractivity contribution in [2.75, 3.05) is 11.9 Å². The van der Waals surface area contributed by atoms with E-state index in [2.05, 4.69) is 26.6 Å². The Labute approximate surface area is 166 Å². The molecule has 27 heavy (non-hydrogen) atoms. The Morgan fingerprint density at radius 3 is 2.48 bits per heavy atom. The van der Waals surface area contributed by atoms with Crippen molar-refractivity contribution < 1.29 is 14.4 Å². The molecule has 2 atom stereocenters. The van der Waals surface area contributed by atoms with Gasteiger partial charge in [0.1, 0.15) is 0 Å². The smallest absolute Gasteiger partial charge is 0.251 e. The van der Waals surface area contributed by atoms with Crippen LogP contribution < -0.4 is 16.4 Å². The highest BCUT2D eigenvalue weighted by atomic mass is 79.9. The molecular weight excluding hydrogens is 410 g/mol. The minimum atomic E-state index is -0.599. The minimum Gasteiger partial charge on any atom is -0.368 e.